The highest BCUT2D eigenvalue weighted by atomic mass is 15.0. The van der Waals surface area contributed by atoms with Crippen LogP contribution in [-0.2, 0) is 0 Å². The third-order valence-corrected chi connectivity index (χ3v) is 4.01. The minimum absolute atomic E-state index is 0.828. The molecule has 0 amide bonds. The van der Waals surface area contributed by atoms with Crippen LogP contribution in [0.5, 0.6) is 0 Å². The van der Waals surface area contributed by atoms with Gasteiger partial charge in [-0.15, -0.1) is 0 Å². The smallest absolute Gasteiger partial charge is 0.00978 e. The van der Waals surface area contributed by atoms with Crippen LogP contribution in [0.25, 0.3) is 0 Å². The van der Waals surface area contributed by atoms with E-state index in [1.54, 1.807) is 0 Å². The Labute approximate surface area is 82.3 Å². The lowest BCUT2D eigenvalue weighted by atomic mass is 9.79. The van der Waals surface area contributed by atoms with Crippen LogP contribution in [0.15, 0.2) is 0 Å². The van der Waals surface area contributed by atoms with Crippen molar-refractivity contribution in [3.63, 3.8) is 0 Å². The zero-order valence-corrected chi connectivity index (χ0v) is 9.05. The fraction of sp³-hybridized carbons (Fsp3) is 1.00. The molecule has 0 aliphatic heterocycles. The summed E-state index contributed by atoms with van der Waals surface area (Å²) in [4.78, 5) is 0. The van der Waals surface area contributed by atoms with Crippen LogP contribution in [-0.4, -0.2) is 12.1 Å². The average molecular weight is 181 g/mol. The summed E-state index contributed by atoms with van der Waals surface area (Å²) in [5, 5.41) is 3.84. The highest BCUT2D eigenvalue weighted by molar-refractivity contribution is 4.86. The summed E-state index contributed by atoms with van der Waals surface area (Å²) >= 11 is 0. The molecule has 0 aromatic heterocycles. The molecular weight excluding hydrogens is 158 g/mol. The first kappa shape index (κ1) is 9.51. The van der Waals surface area contributed by atoms with Gasteiger partial charge in [-0.2, -0.15) is 0 Å². The van der Waals surface area contributed by atoms with Crippen LogP contribution >= 0.6 is 0 Å². The largest absolute Gasteiger partial charge is 0.311 e. The van der Waals surface area contributed by atoms with E-state index in [1.165, 1.54) is 38.5 Å². The van der Waals surface area contributed by atoms with E-state index in [2.05, 4.69) is 19.2 Å². The Bertz CT molecular complexity index is 163. The summed E-state index contributed by atoms with van der Waals surface area (Å²) < 4.78 is 0. The maximum absolute atomic E-state index is 3.84. The molecule has 0 aromatic carbocycles. The lowest BCUT2D eigenvalue weighted by molar-refractivity contribution is 0.186. The van der Waals surface area contributed by atoms with E-state index in [1.807, 2.05) is 0 Å². The fourth-order valence-corrected chi connectivity index (χ4v) is 2.64. The molecule has 0 aromatic rings. The van der Waals surface area contributed by atoms with Gasteiger partial charge in [0.1, 0.15) is 0 Å². The number of nitrogens with one attached hydrogen (secondary N) is 1. The monoisotopic (exact) mass is 181 g/mol. The predicted octanol–water partition coefficient (Wildman–Crippen LogP) is 2.95. The highest BCUT2D eigenvalue weighted by Gasteiger charge is 2.28. The summed E-state index contributed by atoms with van der Waals surface area (Å²) in [7, 11) is 0. The van der Waals surface area contributed by atoms with Crippen molar-refractivity contribution in [3.05, 3.63) is 0 Å². The Morgan fingerprint density at radius 1 is 1.00 bits per heavy atom. The quantitative estimate of drug-likeness (QED) is 0.690. The van der Waals surface area contributed by atoms with Crippen molar-refractivity contribution in [2.75, 3.05) is 0 Å². The molecule has 1 nitrogen and oxygen atoms in total. The number of rotatable bonds is 2. The van der Waals surface area contributed by atoms with E-state index in [4.69, 9.17) is 0 Å². The van der Waals surface area contributed by atoms with E-state index in [0.717, 1.165) is 23.9 Å². The van der Waals surface area contributed by atoms with Crippen molar-refractivity contribution in [2.45, 2.75) is 64.5 Å². The summed E-state index contributed by atoms with van der Waals surface area (Å²) in [5.74, 6) is 1.87. The Morgan fingerprint density at radius 3 is 2.38 bits per heavy atom. The first-order chi connectivity index (χ1) is 6.25. The summed E-state index contributed by atoms with van der Waals surface area (Å²) in [6, 6.07) is 1.70. The Hall–Kier alpha value is -0.0400. The molecule has 1 N–H and O–H groups in total. The topological polar surface area (TPSA) is 12.0 Å². The van der Waals surface area contributed by atoms with Gasteiger partial charge in [0, 0.05) is 12.1 Å². The second-order valence-electron chi connectivity index (χ2n) is 5.30. The van der Waals surface area contributed by atoms with Gasteiger partial charge in [-0.3, -0.25) is 0 Å². The van der Waals surface area contributed by atoms with Gasteiger partial charge in [0.05, 0.1) is 0 Å². The molecule has 0 radical (unpaired) electrons. The van der Waals surface area contributed by atoms with Crippen LogP contribution in [0.1, 0.15) is 52.4 Å². The predicted molar refractivity (Wildman–Crippen MR) is 56.7 cm³/mol. The van der Waals surface area contributed by atoms with E-state index >= 15 is 0 Å². The Kier molecular flexibility index (Phi) is 2.92. The molecule has 1 heteroatoms. The number of hydrogen-bond donors (Lipinski definition) is 1. The molecule has 0 bridgehead atoms. The summed E-state index contributed by atoms with van der Waals surface area (Å²) in [5.41, 5.74) is 0. The molecule has 2 aliphatic rings. The van der Waals surface area contributed by atoms with Crippen molar-refractivity contribution in [2.24, 2.45) is 11.8 Å². The third-order valence-electron chi connectivity index (χ3n) is 4.01. The second-order valence-corrected chi connectivity index (χ2v) is 5.30. The molecule has 13 heavy (non-hydrogen) atoms. The zero-order valence-electron chi connectivity index (χ0n) is 9.05. The first-order valence-corrected chi connectivity index (χ1v) is 6.01. The molecule has 0 spiro atoms. The van der Waals surface area contributed by atoms with Crippen LogP contribution in [0.4, 0.5) is 0 Å². The Morgan fingerprint density at radius 2 is 1.77 bits per heavy atom. The maximum atomic E-state index is 3.84. The van der Waals surface area contributed by atoms with E-state index in [-0.39, 0.29) is 0 Å². The van der Waals surface area contributed by atoms with E-state index in [9.17, 15) is 0 Å². The SMILES string of the molecule is CC1CCC(C)C(NC2CCC2)C1. The van der Waals surface area contributed by atoms with Crippen LogP contribution in [0, 0.1) is 11.8 Å². The molecule has 2 aliphatic carbocycles. The molecule has 76 valence electrons. The van der Waals surface area contributed by atoms with Gasteiger partial charge in [0.2, 0.25) is 0 Å². The van der Waals surface area contributed by atoms with Crippen molar-refractivity contribution in [3.8, 4) is 0 Å². The third kappa shape index (κ3) is 2.25. The second kappa shape index (κ2) is 4.00. The van der Waals surface area contributed by atoms with E-state index in [0.29, 0.717) is 0 Å². The van der Waals surface area contributed by atoms with Gasteiger partial charge < -0.3 is 5.32 Å². The highest BCUT2D eigenvalue weighted by Crippen LogP contribution is 2.30. The molecule has 0 saturated heterocycles. The van der Waals surface area contributed by atoms with Crippen LogP contribution in [0.3, 0.4) is 0 Å². The standard InChI is InChI=1S/C12H23N/c1-9-6-7-10(2)12(8-9)13-11-4-3-5-11/h9-13H,3-8H2,1-2H3. The first-order valence-electron chi connectivity index (χ1n) is 6.01. The lowest BCUT2D eigenvalue weighted by Crippen LogP contribution is -2.47. The van der Waals surface area contributed by atoms with Crippen LogP contribution in [0.2, 0.25) is 0 Å². The summed E-state index contributed by atoms with van der Waals surface area (Å²) in [6.45, 7) is 4.82. The molecule has 2 fully saturated rings. The van der Waals surface area contributed by atoms with Crippen molar-refractivity contribution in [1.29, 1.82) is 0 Å². The van der Waals surface area contributed by atoms with Crippen molar-refractivity contribution in [1.82, 2.24) is 5.32 Å². The van der Waals surface area contributed by atoms with Crippen molar-refractivity contribution >= 4 is 0 Å². The van der Waals surface area contributed by atoms with Gasteiger partial charge >= 0.3 is 0 Å². The minimum Gasteiger partial charge on any atom is -0.311 e. The summed E-state index contributed by atoms with van der Waals surface area (Å²) in [6.07, 6.45) is 8.61. The molecule has 3 unspecified atom stereocenters. The van der Waals surface area contributed by atoms with Gasteiger partial charge in [0.15, 0.2) is 0 Å². The fourth-order valence-electron chi connectivity index (χ4n) is 2.64. The normalized spacial score (nSPS) is 41.5. The lowest BCUT2D eigenvalue weighted by Gasteiger charge is -2.38. The zero-order chi connectivity index (χ0) is 9.26. The molecule has 0 heterocycles. The van der Waals surface area contributed by atoms with Crippen LogP contribution < -0.4 is 5.32 Å². The van der Waals surface area contributed by atoms with Gasteiger partial charge in [0.25, 0.3) is 0 Å². The Balaban J connectivity index is 1.80. The van der Waals surface area contributed by atoms with E-state index < -0.39 is 0 Å². The number of hydrogen-bond acceptors (Lipinski definition) is 1. The van der Waals surface area contributed by atoms with Gasteiger partial charge in [-0.1, -0.05) is 26.7 Å². The molecule has 3 atom stereocenters. The molecule has 2 rings (SSSR count). The molecule has 2 saturated carbocycles. The van der Waals surface area contributed by atoms with Gasteiger partial charge in [-0.05, 0) is 37.5 Å². The van der Waals surface area contributed by atoms with Crippen molar-refractivity contribution < 1.29 is 0 Å². The maximum Gasteiger partial charge on any atom is 0.00978 e. The minimum atomic E-state index is 0.828. The average Bonchev–Trinajstić information content (AvgIpc) is 2.03. The van der Waals surface area contributed by atoms with Gasteiger partial charge in [-0.25, -0.2) is 0 Å². The molecular formula is C12H23N.